The summed E-state index contributed by atoms with van der Waals surface area (Å²) in [6, 6.07) is -0.163. The molecular weight excluding hydrogens is 232 g/mol. The molecule has 0 aliphatic heterocycles. The molecule has 0 unspecified atom stereocenters. The minimum absolute atomic E-state index is 0.163. The molecule has 0 aromatic carbocycles. The van der Waals surface area contributed by atoms with Crippen LogP contribution in [0.1, 0.15) is 13.8 Å². The number of thioether (sulfide) groups is 1. The van der Waals surface area contributed by atoms with Gasteiger partial charge in [-0.15, -0.1) is 11.8 Å². The average molecular weight is 250 g/mol. The van der Waals surface area contributed by atoms with E-state index in [-0.39, 0.29) is 6.04 Å². The van der Waals surface area contributed by atoms with Crippen molar-refractivity contribution >= 4 is 23.6 Å². The van der Waals surface area contributed by atoms with Crippen LogP contribution in [-0.2, 0) is 9.59 Å². The highest BCUT2D eigenvalue weighted by atomic mass is 32.2. The van der Waals surface area contributed by atoms with E-state index in [4.69, 9.17) is 0 Å². The first-order valence-corrected chi connectivity index (χ1v) is 6.22. The number of hydrogen-bond acceptors (Lipinski definition) is 5. The second-order valence-electron chi connectivity index (χ2n) is 3.53. The quantitative estimate of drug-likeness (QED) is 0.438. The highest BCUT2D eigenvalue weighted by Crippen LogP contribution is 1.96. The minimum atomic E-state index is -1.75. The molecule has 16 heavy (non-hydrogen) atoms. The lowest BCUT2D eigenvalue weighted by atomic mass is 10.1. The number of aliphatic hydroxyl groups excluding tert-OH is 2. The summed E-state index contributed by atoms with van der Waals surface area (Å²) in [6.07, 6.45) is -1.72. The molecule has 94 valence electrons. The Morgan fingerprint density at radius 3 is 2.12 bits per heavy atom. The average Bonchev–Trinajstić information content (AvgIpc) is 2.22. The van der Waals surface area contributed by atoms with E-state index in [1.165, 1.54) is 11.8 Å². The van der Waals surface area contributed by atoms with Crippen molar-refractivity contribution in [2.24, 2.45) is 0 Å². The van der Waals surface area contributed by atoms with Crippen molar-refractivity contribution in [2.45, 2.75) is 32.1 Å². The molecule has 0 radical (unpaired) electrons. The summed E-state index contributed by atoms with van der Waals surface area (Å²) >= 11 is 1.35. The molecule has 7 heteroatoms. The van der Waals surface area contributed by atoms with E-state index in [9.17, 15) is 19.8 Å². The van der Waals surface area contributed by atoms with Crippen molar-refractivity contribution in [2.75, 3.05) is 12.1 Å². The van der Waals surface area contributed by atoms with Crippen molar-refractivity contribution < 1.29 is 19.8 Å². The highest BCUT2D eigenvalue weighted by molar-refractivity contribution is 7.98. The van der Waals surface area contributed by atoms with Gasteiger partial charge in [0.2, 0.25) is 0 Å². The second-order valence-corrected chi connectivity index (χ2v) is 4.39. The van der Waals surface area contributed by atoms with Crippen LogP contribution in [0.4, 0.5) is 0 Å². The molecule has 2 atom stereocenters. The maximum absolute atomic E-state index is 11.3. The molecule has 0 saturated heterocycles. The van der Waals surface area contributed by atoms with E-state index in [0.29, 0.717) is 5.88 Å². The summed E-state index contributed by atoms with van der Waals surface area (Å²) in [5, 5.41) is 23.5. The van der Waals surface area contributed by atoms with Gasteiger partial charge in [-0.2, -0.15) is 0 Å². The van der Waals surface area contributed by atoms with Gasteiger partial charge in [0.15, 0.2) is 12.2 Å². The molecule has 0 aromatic heterocycles. The summed E-state index contributed by atoms with van der Waals surface area (Å²) in [5.41, 5.74) is 0. The van der Waals surface area contributed by atoms with Gasteiger partial charge >= 0.3 is 0 Å². The van der Waals surface area contributed by atoms with Gasteiger partial charge < -0.3 is 20.8 Å². The summed E-state index contributed by atoms with van der Waals surface area (Å²) in [6.45, 7) is 3.43. The zero-order valence-corrected chi connectivity index (χ0v) is 10.4. The standard InChI is InChI=1S/C9H18N2O4S/c1-5(2)11-9(15)7(13)6(12)8(14)10-4-16-3/h5-7,12-13H,4H2,1-3H3,(H,10,14)(H,11,15)/t6-,7+/m0/s1. The van der Waals surface area contributed by atoms with Crippen molar-refractivity contribution in [1.82, 2.24) is 10.6 Å². The molecule has 0 fully saturated rings. The molecule has 0 rings (SSSR count). The first-order chi connectivity index (χ1) is 7.40. The third kappa shape index (κ3) is 5.34. The van der Waals surface area contributed by atoms with E-state index < -0.39 is 24.0 Å². The summed E-state index contributed by atoms with van der Waals surface area (Å²) < 4.78 is 0. The van der Waals surface area contributed by atoms with Gasteiger partial charge in [-0.25, -0.2) is 0 Å². The first kappa shape index (κ1) is 15.2. The topological polar surface area (TPSA) is 98.7 Å². The first-order valence-electron chi connectivity index (χ1n) is 4.83. The molecule has 0 bridgehead atoms. The zero-order chi connectivity index (χ0) is 12.7. The molecule has 0 spiro atoms. The van der Waals surface area contributed by atoms with Crippen LogP contribution >= 0.6 is 11.8 Å². The lowest BCUT2D eigenvalue weighted by Gasteiger charge is -2.18. The predicted octanol–water partition coefficient (Wildman–Crippen LogP) is -1.33. The number of nitrogens with one attached hydrogen (secondary N) is 2. The Morgan fingerprint density at radius 1 is 1.19 bits per heavy atom. The Bertz CT molecular complexity index is 248. The fourth-order valence-corrected chi connectivity index (χ4v) is 1.19. The Labute approximate surface area is 98.8 Å². The van der Waals surface area contributed by atoms with Crippen LogP contribution < -0.4 is 10.6 Å². The third-order valence-corrected chi connectivity index (χ3v) is 2.09. The maximum Gasteiger partial charge on any atom is 0.252 e. The molecule has 4 N–H and O–H groups in total. The largest absolute Gasteiger partial charge is 0.380 e. The Kier molecular flexibility index (Phi) is 7.11. The number of carbonyl (C=O) groups is 2. The summed E-state index contributed by atoms with van der Waals surface area (Å²) in [7, 11) is 0. The monoisotopic (exact) mass is 250 g/mol. The van der Waals surface area contributed by atoms with E-state index in [0.717, 1.165) is 0 Å². The normalized spacial score (nSPS) is 14.4. The zero-order valence-electron chi connectivity index (χ0n) is 9.56. The highest BCUT2D eigenvalue weighted by Gasteiger charge is 2.30. The number of rotatable bonds is 6. The van der Waals surface area contributed by atoms with Gasteiger partial charge in [0.05, 0.1) is 5.88 Å². The van der Waals surface area contributed by atoms with Crippen molar-refractivity contribution in [1.29, 1.82) is 0 Å². The van der Waals surface area contributed by atoms with E-state index in [1.54, 1.807) is 20.1 Å². The van der Waals surface area contributed by atoms with Gasteiger partial charge in [-0.3, -0.25) is 9.59 Å². The Balaban J connectivity index is 4.20. The minimum Gasteiger partial charge on any atom is -0.380 e. The van der Waals surface area contributed by atoms with Crippen LogP contribution in [0.2, 0.25) is 0 Å². The smallest absolute Gasteiger partial charge is 0.252 e. The second kappa shape index (κ2) is 7.48. The van der Waals surface area contributed by atoms with E-state index in [1.807, 2.05) is 0 Å². The van der Waals surface area contributed by atoms with Crippen molar-refractivity contribution in [3.8, 4) is 0 Å². The fraction of sp³-hybridized carbons (Fsp3) is 0.778. The number of hydrogen-bond donors (Lipinski definition) is 4. The van der Waals surface area contributed by atoms with Crippen molar-refractivity contribution in [3.05, 3.63) is 0 Å². The third-order valence-electron chi connectivity index (χ3n) is 1.66. The molecule has 0 aromatic rings. The lowest BCUT2D eigenvalue weighted by molar-refractivity contribution is -0.146. The molecule has 2 amide bonds. The molecule has 0 heterocycles. The van der Waals surface area contributed by atoms with Crippen LogP contribution in [0, 0.1) is 0 Å². The molecular formula is C9H18N2O4S. The Hall–Kier alpha value is -0.790. The van der Waals surface area contributed by atoms with Gasteiger partial charge in [0.1, 0.15) is 0 Å². The molecule has 0 aliphatic rings. The predicted molar refractivity (Wildman–Crippen MR) is 61.8 cm³/mol. The lowest BCUT2D eigenvalue weighted by Crippen LogP contribution is -2.50. The number of amides is 2. The number of aliphatic hydroxyl groups is 2. The maximum atomic E-state index is 11.3. The number of carbonyl (C=O) groups excluding carboxylic acids is 2. The van der Waals surface area contributed by atoms with Gasteiger partial charge in [0, 0.05) is 6.04 Å². The van der Waals surface area contributed by atoms with Crippen LogP contribution in [-0.4, -0.2) is 52.4 Å². The van der Waals surface area contributed by atoms with Crippen LogP contribution in [0.25, 0.3) is 0 Å². The molecule has 0 saturated carbocycles. The van der Waals surface area contributed by atoms with Crippen LogP contribution in [0.5, 0.6) is 0 Å². The SMILES string of the molecule is CSCNC(=O)[C@@H](O)[C@@H](O)C(=O)NC(C)C. The molecule has 0 aliphatic carbocycles. The summed E-state index contributed by atoms with van der Waals surface area (Å²) in [5.74, 6) is -1.21. The molecule has 6 nitrogen and oxygen atoms in total. The van der Waals surface area contributed by atoms with E-state index >= 15 is 0 Å². The van der Waals surface area contributed by atoms with Crippen LogP contribution in [0.3, 0.4) is 0 Å². The summed E-state index contributed by atoms with van der Waals surface area (Å²) in [4.78, 5) is 22.5. The Morgan fingerprint density at radius 2 is 1.69 bits per heavy atom. The van der Waals surface area contributed by atoms with E-state index in [2.05, 4.69) is 10.6 Å². The van der Waals surface area contributed by atoms with Gasteiger partial charge in [0.25, 0.3) is 11.8 Å². The van der Waals surface area contributed by atoms with Gasteiger partial charge in [-0.1, -0.05) is 0 Å². The van der Waals surface area contributed by atoms with Gasteiger partial charge in [-0.05, 0) is 20.1 Å². The van der Waals surface area contributed by atoms with Crippen molar-refractivity contribution in [3.63, 3.8) is 0 Å². The van der Waals surface area contributed by atoms with Crippen LogP contribution in [0.15, 0.2) is 0 Å². The fourth-order valence-electron chi connectivity index (χ4n) is 0.905.